The fourth-order valence-corrected chi connectivity index (χ4v) is 0.622. The first-order valence-electron chi connectivity index (χ1n) is 3.08. The van der Waals surface area contributed by atoms with Gasteiger partial charge in [-0.25, -0.2) is 22.0 Å². The Hall–Kier alpha value is -0.340. The summed E-state index contributed by atoms with van der Waals surface area (Å²) < 4.78 is 107. The van der Waals surface area contributed by atoms with E-state index in [1.54, 1.807) is 0 Å². The lowest BCUT2D eigenvalue weighted by Gasteiger charge is -2.32. The largest absolute Gasteiger partial charge is 0.374 e. The van der Waals surface area contributed by atoms with Crippen LogP contribution in [0.25, 0.3) is 0 Å². The molecule has 0 aliphatic rings. The monoisotopic (exact) mass is 268 g/mol. The normalized spacial score (nSPS) is 18.4. The van der Waals surface area contributed by atoms with Crippen molar-refractivity contribution in [3.8, 4) is 0 Å². The van der Waals surface area contributed by atoms with Gasteiger partial charge in [0.05, 0.1) is 0 Å². The predicted octanol–water partition coefficient (Wildman–Crippen LogP) is 3.69. The SMILES string of the molecule is FC(F)C(F)(F)C(F)(F)C(F)(Cl)C(F)F. The molecule has 92 valence electrons. The minimum absolute atomic E-state index is 3.81. The zero-order chi connectivity index (χ0) is 12.7. The van der Waals surface area contributed by atoms with Gasteiger partial charge in [0.15, 0.2) is 0 Å². The van der Waals surface area contributed by atoms with Crippen molar-refractivity contribution in [1.29, 1.82) is 0 Å². The van der Waals surface area contributed by atoms with Gasteiger partial charge in [-0.15, -0.1) is 0 Å². The van der Waals surface area contributed by atoms with Crippen molar-refractivity contribution in [3.63, 3.8) is 0 Å². The topological polar surface area (TPSA) is 0 Å². The molecule has 0 spiro atoms. The number of hydrogen-bond donors (Lipinski definition) is 0. The van der Waals surface area contributed by atoms with E-state index in [1.807, 2.05) is 0 Å². The van der Waals surface area contributed by atoms with Gasteiger partial charge in [-0.05, 0) is 0 Å². The minimum atomic E-state index is -6.40. The molecule has 0 aromatic rings. The van der Waals surface area contributed by atoms with Crippen LogP contribution in [0.3, 0.4) is 0 Å². The van der Waals surface area contributed by atoms with Gasteiger partial charge in [0.25, 0.3) is 6.43 Å². The summed E-state index contributed by atoms with van der Waals surface area (Å²) in [4.78, 5) is 0. The Morgan fingerprint density at radius 1 is 0.733 bits per heavy atom. The maximum Gasteiger partial charge on any atom is 0.374 e. The predicted molar refractivity (Wildman–Crippen MR) is 31.6 cm³/mol. The van der Waals surface area contributed by atoms with Crippen LogP contribution in [0.2, 0.25) is 0 Å². The molecular weight excluding hydrogens is 266 g/mol. The van der Waals surface area contributed by atoms with Crippen molar-refractivity contribution >= 4 is 11.6 Å². The van der Waals surface area contributed by atoms with Crippen LogP contribution in [0.15, 0.2) is 0 Å². The molecule has 0 bridgehead atoms. The van der Waals surface area contributed by atoms with Crippen LogP contribution in [0.1, 0.15) is 0 Å². The molecule has 0 saturated carbocycles. The van der Waals surface area contributed by atoms with Gasteiger partial charge in [-0.2, -0.15) is 17.6 Å². The quantitative estimate of drug-likeness (QED) is 0.539. The molecule has 1 unspecified atom stereocenters. The average Bonchev–Trinajstić information content (AvgIpc) is 2.02. The Kier molecular flexibility index (Phi) is 3.82. The molecule has 10 heteroatoms. The molecule has 0 fully saturated rings. The third-order valence-electron chi connectivity index (χ3n) is 1.39. The molecule has 0 amide bonds. The first-order valence-corrected chi connectivity index (χ1v) is 3.46. The van der Waals surface area contributed by atoms with E-state index in [0.29, 0.717) is 0 Å². The first kappa shape index (κ1) is 14.7. The number of alkyl halides is 10. The zero-order valence-electron chi connectivity index (χ0n) is 6.43. The molecule has 0 saturated heterocycles. The highest BCUT2D eigenvalue weighted by molar-refractivity contribution is 6.24. The van der Waals surface area contributed by atoms with E-state index in [9.17, 15) is 39.5 Å². The van der Waals surface area contributed by atoms with Crippen molar-refractivity contribution in [2.45, 2.75) is 29.8 Å². The van der Waals surface area contributed by atoms with Gasteiger partial charge in [0.2, 0.25) is 0 Å². The third kappa shape index (κ3) is 2.11. The Balaban J connectivity index is 5.30. The summed E-state index contributed by atoms with van der Waals surface area (Å²) in [7, 11) is 0. The van der Waals surface area contributed by atoms with Gasteiger partial charge in [0, 0.05) is 0 Å². The van der Waals surface area contributed by atoms with Gasteiger partial charge in [-0.3, -0.25) is 0 Å². The molecule has 0 radical (unpaired) electrons. The molecule has 0 aromatic carbocycles. The van der Waals surface area contributed by atoms with Crippen molar-refractivity contribution in [2.75, 3.05) is 0 Å². The van der Waals surface area contributed by atoms with E-state index in [4.69, 9.17) is 0 Å². The Labute approximate surface area is 82.0 Å². The molecule has 0 rings (SSSR count). The standard InChI is InChI=1S/C5H2ClF9/c6-3(11,1(7)8)5(14,15)4(12,13)2(9)10/h1-2H. The number of hydrogen-bond acceptors (Lipinski definition) is 0. The van der Waals surface area contributed by atoms with Crippen LogP contribution in [0.5, 0.6) is 0 Å². The van der Waals surface area contributed by atoms with Crippen molar-refractivity contribution in [3.05, 3.63) is 0 Å². The minimum Gasteiger partial charge on any atom is -0.213 e. The van der Waals surface area contributed by atoms with E-state index in [-0.39, 0.29) is 0 Å². The van der Waals surface area contributed by atoms with Crippen molar-refractivity contribution < 1.29 is 39.5 Å². The van der Waals surface area contributed by atoms with E-state index in [0.717, 1.165) is 0 Å². The van der Waals surface area contributed by atoms with Crippen LogP contribution < -0.4 is 0 Å². The van der Waals surface area contributed by atoms with Gasteiger partial charge in [-0.1, -0.05) is 11.6 Å². The molecular formula is C5H2ClF9. The highest BCUT2D eigenvalue weighted by atomic mass is 35.5. The van der Waals surface area contributed by atoms with Gasteiger partial charge < -0.3 is 0 Å². The van der Waals surface area contributed by atoms with Crippen LogP contribution >= 0.6 is 11.6 Å². The maximum absolute atomic E-state index is 12.3. The van der Waals surface area contributed by atoms with Crippen molar-refractivity contribution in [2.24, 2.45) is 0 Å². The average molecular weight is 269 g/mol. The molecule has 0 aliphatic carbocycles. The lowest BCUT2D eigenvalue weighted by molar-refractivity contribution is -0.308. The molecule has 0 N–H and O–H groups in total. The smallest absolute Gasteiger partial charge is 0.213 e. The maximum atomic E-state index is 12.3. The summed E-state index contributed by atoms with van der Waals surface area (Å²) in [6, 6.07) is 0. The second kappa shape index (κ2) is 3.91. The Bertz CT molecular complexity index is 201. The number of halogens is 10. The second-order valence-electron chi connectivity index (χ2n) is 2.42. The van der Waals surface area contributed by atoms with E-state index in [2.05, 4.69) is 11.6 Å². The molecule has 0 nitrogen and oxygen atoms in total. The first-order chi connectivity index (χ1) is 6.39. The summed E-state index contributed by atoms with van der Waals surface area (Å²) in [5.74, 6) is -12.7. The fourth-order valence-electron chi connectivity index (χ4n) is 0.496. The highest BCUT2D eigenvalue weighted by Crippen LogP contribution is 2.51. The molecule has 1 atom stereocenters. The zero-order valence-corrected chi connectivity index (χ0v) is 7.19. The van der Waals surface area contributed by atoms with Crippen LogP contribution in [0.4, 0.5) is 39.5 Å². The Morgan fingerprint density at radius 2 is 1.07 bits per heavy atom. The molecule has 15 heavy (non-hydrogen) atoms. The lowest BCUT2D eigenvalue weighted by atomic mass is 10.1. The highest BCUT2D eigenvalue weighted by Gasteiger charge is 2.76. The fraction of sp³-hybridized carbons (Fsp3) is 1.00. The van der Waals surface area contributed by atoms with E-state index < -0.39 is 29.8 Å². The van der Waals surface area contributed by atoms with E-state index in [1.165, 1.54) is 0 Å². The lowest BCUT2D eigenvalue weighted by Crippen LogP contribution is -2.59. The third-order valence-corrected chi connectivity index (χ3v) is 1.79. The molecule has 0 aliphatic heterocycles. The molecule has 0 aromatic heterocycles. The molecule has 0 heterocycles. The summed E-state index contributed by atoms with van der Waals surface area (Å²) in [6.45, 7) is 0. The second-order valence-corrected chi connectivity index (χ2v) is 2.97. The van der Waals surface area contributed by atoms with Gasteiger partial charge >= 0.3 is 23.4 Å². The van der Waals surface area contributed by atoms with Crippen LogP contribution in [-0.2, 0) is 0 Å². The van der Waals surface area contributed by atoms with Gasteiger partial charge in [0.1, 0.15) is 0 Å². The van der Waals surface area contributed by atoms with Crippen molar-refractivity contribution in [1.82, 2.24) is 0 Å². The summed E-state index contributed by atoms with van der Waals surface area (Å²) in [5, 5.41) is -5.56. The summed E-state index contributed by atoms with van der Waals surface area (Å²) in [6.07, 6.45) is -9.78. The van der Waals surface area contributed by atoms with Crippen LogP contribution in [-0.4, -0.2) is 29.8 Å². The Morgan fingerprint density at radius 3 is 1.27 bits per heavy atom. The van der Waals surface area contributed by atoms with E-state index >= 15 is 0 Å². The van der Waals surface area contributed by atoms with Crippen LogP contribution in [0, 0.1) is 0 Å². The summed E-state index contributed by atoms with van der Waals surface area (Å²) in [5.41, 5.74) is 0. The summed E-state index contributed by atoms with van der Waals surface area (Å²) >= 11 is 3.81. The number of rotatable bonds is 4.